The number of alkyl halides is 2. The largest absolute Gasteiger partial charge is 0.377 e. The number of likely N-dealkylation sites (tertiary alicyclic amines) is 1. The van der Waals surface area contributed by atoms with Crippen molar-refractivity contribution in [1.29, 1.82) is 0 Å². The number of rotatable bonds is 4. The molecule has 2 bridgehead atoms. The topological polar surface area (TPSA) is 162 Å². The average Bonchev–Trinajstić information content (AvgIpc) is 3.51. The number of amides is 2. The highest BCUT2D eigenvalue weighted by molar-refractivity contribution is 9.10. The van der Waals surface area contributed by atoms with Gasteiger partial charge in [0.2, 0.25) is 5.91 Å². The van der Waals surface area contributed by atoms with Crippen LogP contribution >= 0.6 is 15.9 Å². The third-order valence-electron chi connectivity index (χ3n) is 10.0. The highest BCUT2D eigenvalue weighted by Crippen LogP contribution is 2.59. The summed E-state index contributed by atoms with van der Waals surface area (Å²) in [6, 6.07) is 3.86. The average molecular weight is 766 g/mol. The molecule has 4 aromatic rings. The maximum atomic E-state index is 14.8. The summed E-state index contributed by atoms with van der Waals surface area (Å²) in [5, 5.41) is 7.40. The minimum absolute atomic E-state index is 0.0889. The van der Waals surface area contributed by atoms with Gasteiger partial charge >= 0.3 is 5.92 Å². The van der Waals surface area contributed by atoms with Gasteiger partial charge in [0.15, 0.2) is 11.6 Å². The third-order valence-corrected chi connectivity index (χ3v) is 10.4. The fraction of sp³-hybridized carbons (Fsp3) is 0.457. The molecule has 266 valence electrons. The second-order valence-corrected chi connectivity index (χ2v) is 14.4. The summed E-state index contributed by atoms with van der Waals surface area (Å²) in [7, 11) is 0. The van der Waals surface area contributed by atoms with Crippen molar-refractivity contribution >= 4 is 50.2 Å². The lowest BCUT2D eigenvalue weighted by Gasteiger charge is -2.27. The molecule has 0 radical (unpaired) electrons. The van der Waals surface area contributed by atoms with E-state index in [2.05, 4.69) is 46.3 Å². The minimum Gasteiger partial charge on any atom is -0.377 e. The number of carbonyl (C=O) groups excluding carboxylic acids is 4. The van der Waals surface area contributed by atoms with Crippen LogP contribution in [0.25, 0.3) is 22.2 Å². The molecule has 16 heteroatoms. The Morgan fingerprint density at radius 1 is 1.10 bits per heavy atom. The van der Waals surface area contributed by atoms with Crippen LogP contribution < -0.4 is 5.32 Å². The molecular weight excluding hydrogens is 730 g/mol. The van der Waals surface area contributed by atoms with Crippen LogP contribution in [0, 0.1) is 12.3 Å². The number of aryl methyl sites for hydroxylation is 1. The van der Waals surface area contributed by atoms with Gasteiger partial charge in [0.1, 0.15) is 22.7 Å². The third kappa shape index (κ3) is 6.90. The second-order valence-electron chi connectivity index (χ2n) is 13.6. The standard InChI is InChI=1S/C35H35BrF2N8O5/c1-19(47)32-23-9-24(22-13-39-20(2)40-14-22)41-15-27(23)45(44-32)16-31(49)46-26-11-34(12-29(34)46)18-42-33(50)35(37,38)7-3-4-8-51-17-21-5-6-30(36)43-25(21)10-28(26)48/h5-6,9,13-15,26,29H,3-4,7-8,10-12,16-18H2,1-2H3,(H,42,50)/t26-,29+,34-/m0/s1. The number of halogens is 3. The van der Waals surface area contributed by atoms with E-state index >= 15 is 0 Å². The molecule has 2 aliphatic heterocycles. The van der Waals surface area contributed by atoms with Gasteiger partial charge in [-0.05, 0) is 66.2 Å². The lowest BCUT2D eigenvalue weighted by molar-refractivity contribution is -0.147. The zero-order valence-corrected chi connectivity index (χ0v) is 29.6. The van der Waals surface area contributed by atoms with Crippen LogP contribution in [-0.2, 0) is 38.7 Å². The number of piperidine rings is 1. The van der Waals surface area contributed by atoms with Crippen molar-refractivity contribution in [3.05, 3.63) is 64.2 Å². The van der Waals surface area contributed by atoms with Gasteiger partial charge in [0.05, 0.1) is 42.2 Å². The molecule has 51 heavy (non-hydrogen) atoms. The molecule has 1 saturated carbocycles. The maximum Gasteiger partial charge on any atom is 0.324 e. The predicted molar refractivity (Wildman–Crippen MR) is 181 cm³/mol. The van der Waals surface area contributed by atoms with E-state index in [0.717, 1.165) is 0 Å². The number of nitrogens with zero attached hydrogens (tertiary/aromatic N) is 7. The van der Waals surface area contributed by atoms with Crippen molar-refractivity contribution in [3.63, 3.8) is 0 Å². The molecule has 1 aliphatic carbocycles. The Hall–Kier alpha value is -4.57. The zero-order chi connectivity index (χ0) is 36.1. The van der Waals surface area contributed by atoms with Gasteiger partial charge < -0.3 is 15.0 Å². The number of ether oxygens (including phenoxy) is 1. The SMILES string of the molecule is CC(=O)c1nn(CC(=O)N2[C@H]3C[C@@]4(CNC(=O)C(F)(F)CCCCOCc5ccc(Br)nc5CC3=O)C[C@@H]24)c2cnc(-c3cnc(C)nc3)cc12. The summed E-state index contributed by atoms with van der Waals surface area (Å²) in [5.41, 5.74) is 2.18. The van der Waals surface area contributed by atoms with Crippen molar-refractivity contribution in [3.8, 4) is 11.3 Å². The first kappa shape index (κ1) is 34.9. The summed E-state index contributed by atoms with van der Waals surface area (Å²) >= 11 is 3.38. The number of hydrogen-bond donors (Lipinski definition) is 1. The van der Waals surface area contributed by atoms with E-state index in [1.807, 2.05) is 0 Å². The van der Waals surface area contributed by atoms with Gasteiger partial charge in [-0.25, -0.2) is 15.0 Å². The van der Waals surface area contributed by atoms with Crippen LogP contribution in [0.4, 0.5) is 8.78 Å². The monoisotopic (exact) mass is 764 g/mol. The first-order valence-electron chi connectivity index (χ1n) is 16.7. The van der Waals surface area contributed by atoms with Crippen LogP contribution in [0.1, 0.15) is 66.6 Å². The number of nitrogens with one attached hydrogen (secondary N) is 1. The van der Waals surface area contributed by atoms with Gasteiger partial charge in [-0.15, -0.1) is 0 Å². The van der Waals surface area contributed by atoms with Gasteiger partial charge in [0, 0.05) is 61.3 Å². The van der Waals surface area contributed by atoms with E-state index in [9.17, 15) is 28.0 Å². The van der Waals surface area contributed by atoms with Crippen LogP contribution in [0.5, 0.6) is 0 Å². The maximum absolute atomic E-state index is 14.8. The second kappa shape index (κ2) is 13.5. The fourth-order valence-corrected chi connectivity index (χ4v) is 7.51. The van der Waals surface area contributed by atoms with Crippen molar-refractivity contribution < 1.29 is 32.7 Å². The summed E-state index contributed by atoms with van der Waals surface area (Å²) < 4.78 is 37.3. The number of ketones is 2. The normalized spacial score (nSPS) is 23.7. The van der Waals surface area contributed by atoms with Gasteiger partial charge in [-0.2, -0.15) is 13.9 Å². The van der Waals surface area contributed by atoms with Crippen molar-refractivity contribution in [1.82, 2.24) is 39.9 Å². The molecular formula is C35H35BrF2N8O5. The minimum atomic E-state index is -3.57. The first-order valence-corrected chi connectivity index (χ1v) is 17.5. The van der Waals surface area contributed by atoms with E-state index in [-0.39, 0.29) is 62.8 Å². The van der Waals surface area contributed by atoms with Crippen LogP contribution in [0.3, 0.4) is 0 Å². The smallest absolute Gasteiger partial charge is 0.324 e. The van der Waals surface area contributed by atoms with Gasteiger partial charge in [-0.3, -0.25) is 28.8 Å². The molecule has 3 aliphatic rings. The quantitative estimate of drug-likeness (QED) is 0.236. The highest BCUT2D eigenvalue weighted by Gasteiger charge is 2.67. The van der Waals surface area contributed by atoms with Crippen LogP contribution in [0.2, 0.25) is 0 Å². The fourth-order valence-electron chi connectivity index (χ4n) is 7.17. The Kier molecular flexibility index (Phi) is 9.24. The first-order chi connectivity index (χ1) is 24.3. The lowest BCUT2D eigenvalue weighted by atomic mass is 9.94. The molecule has 0 unspecified atom stereocenters. The van der Waals surface area contributed by atoms with Gasteiger partial charge in [0.25, 0.3) is 5.91 Å². The van der Waals surface area contributed by atoms with E-state index in [1.165, 1.54) is 22.7 Å². The van der Waals surface area contributed by atoms with Gasteiger partial charge in [-0.1, -0.05) is 6.07 Å². The highest BCUT2D eigenvalue weighted by atomic mass is 79.9. The number of carbonyl (C=O) groups is 4. The Bertz CT molecular complexity index is 2060. The van der Waals surface area contributed by atoms with E-state index in [4.69, 9.17) is 4.74 Å². The van der Waals surface area contributed by atoms with E-state index in [1.54, 1.807) is 37.5 Å². The number of pyridine rings is 2. The molecule has 2 amide bonds. The predicted octanol–water partition coefficient (Wildman–Crippen LogP) is 4.18. The molecule has 2 fully saturated rings. The Balaban J connectivity index is 1.20. The van der Waals surface area contributed by atoms with E-state index < -0.39 is 41.7 Å². The molecule has 0 aromatic carbocycles. The van der Waals surface area contributed by atoms with Crippen molar-refractivity contribution in [2.75, 3.05) is 13.2 Å². The molecule has 1 spiro atoms. The Labute approximate surface area is 299 Å². The number of aromatic nitrogens is 6. The summed E-state index contributed by atoms with van der Waals surface area (Å²) in [6.45, 7) is 3.05. The van der Waals surface area contributed by atoms with Crippen LogP contribution in [0.15, 0.2) is 41.4 Å². The van der Waals surface area contributed by atoms with Crippen molar-refractivity contribution in [2.45, 2.75) is 83.5 Å². The number of Topliss-reactive ketones (excluding diaryl/α,β-unsaturated/α-hetero) is 2. The zero-order valence-electron chi connectivity index (χ0n) is 28.0. The summed E-state index contributed by atoms with van der Waals surface area (Å²) in [5.74, 6) is -5.37. The lowest BCUT2D eigenvalue weighted by Crippen LogP contribution is -2.45. The summed E-state index contributed by atoms with van der Waals surface area (Å²) in [4.78, 5) is 72.7. The molecule has 4 aromatic heterocycles. The summed E-state index contributed by atoms with van der Waals surface area (Å²) in [6.07, 6.45) is 5.13. The van der Waals surface area contributed by atoms with Crippen molar-refractivity contribution in [2.24, 2.45) is 5.41 Å². The molecule has 1 saturated heterocycles. The number of hydrogen-bond acceptors (Lipinski definition) is 10. The molecule has 7 rings (SSSR count). The molecule has 1 N–H and O–H groups in total. The Morgan fingerprint density at radius 3 is 2.65 bits per heavy atom. The Morgan fingerprint density at radius 2 is 1.88 bits per heavy atom. The van der Waals surface area contributed by atoms with Crippen LogP contribution in [-0.4, -0.2) is 89.2 Å². The molecule has 3 atom stereocenters. The number of fused-ring (bicyclic) bond motifs is 3. The van der Waals surface area contributed by atoms with E-state index in [0.29, 0.717) is 56.7 Å². The molecule has 6 heterocycles. The molecule has 13 nitrogen and oxygen atoms in total.